The van der Waals surface area contributed by atoms with Crippen LogP contribution in [0.25, 0.3) is 5.00 Å². The van der Waals surface area contributed by atoms with Gasteiger partial charge in [-0.2, -0.15) is 4.68 Å². The minimum absolute atomic E-state index is 0.109. The van der Waals surface area contributed by atoms with Crippen molar-refractivity contribution in [1.82, 2.24) is 30.0 Å². The first kappa shape index (κ1) is 11.7. The molecular formula is C10H9ClN6O2S. The number of aromatic nitrogens is 6. The molecule has 20 heavy (non-hydrogen) atoms. The molecule has 3 aromatic heterocycles. The van der Waals surface area contributed by atoms with Gasteiger partial charge in [-0.05, 0) is 10.4 Å². The van der Waals surface area contributed by atoms with Gasteiger partial charge in [-0.3, -0.25) is 5.09 Å². The van der Waals surface area contributed by atoms with E-state index in [4.69, 9.17) is 17.7 Å². The van der Waals surface area contributed by atoms with Crippen LogP contribution in [0, 0.1) is 0 Å². The van der Waals surface area contributed by atoms with Gasteiger partial charge in [-0.15, -0.1) is 21.1 Å². The second kappa shape index (κ2) is 5.10. The zero-order valence-corrected chi connectivity index (χ0v) is 11.8. The van der Waals surface area contributed by atoms with E-state index >= 15 is 0 Å². The summed E-state index contributed by atoms with van der Waals surface area (Å²) in [6.07, 6.45) is 1.44. The third kappa shape index (κ3) is 2.21. The van der Waals surface area contributed by atoms with E-state index in [-0.39, 0.29) is 12.3 Å². The highest BCUT2D eigenvalue weighted by atomic mass is 35.5. The highest BCUT2D eigenvalue weighted by Crippen LogP contribution is 2.30. The van der Waals surface area contributed by atoms with E-state index in [1.807, 2.05) is 0 Å². The lowest BCUT2D eigenvalue weighted by atomic mass is 10.3. The molecule has 0 saturated heterocycles. The van der Waals surface area contributed by atoms with E-state index in [1.165, 1.54) is 29.3 Å². The number of thiophene rings is 1. The van der Waals surface area contributed by atoms with Crippen LogP contribution in [0.1, 0.15) is 5.56 Å². The zero-order valence-electron chi connectivity index (χ0n) is 11.2. The van der Waals surface area contributed by atoms with Crippen LogP contribution in [0.5, 0.6) is 5.88 Å². The van der Waals surface area contributed by atoms with Gasteiger partial charge >= 0.3 is 5.69 Å². The quantitative estimate of drug-likeness (QED) is 0.775. The van der Waals surface area contributed by atoms with E-state index in [0.29, 0.717) is 21.5 Å². The van der Waals surface area contributed by atoms with Crippen LogP contribution in [0.4, 0.5) is 0 Å². The second-order valence-electron chi connectivity index (χ2n) is 3.82. The molecule has 3 aromatic rings. The molecule has 0 aromatic carbocycles. The molecule has 0 saturated carbocycles. The highest BCUT2D eigenvalue weighted by molar-refractivity contribution is 7.13. The molecule has 1 N–H and O–H groups in total. The number of hydrogen-bond acceptors (Lipinski definition) is 6. The van der Waals surface area contributed by atoms with Gasteiger partial charge < -0.3 is 4.74 Å². The Morgan fingerprint density at radius 3 is 3.10 bits per heavy atom. The number of halogens is 1. The van der Waals surface area contributed by atoms with E-state index in [1.54, 1.807) is 11.4 Å². The maximum Gasteiger partial charge on any atom is 0.368 e. The van der Waals surface area contributed by atoms with Crippen molar-refractivity contribution in [1.29, 1.82) is 0 Å². The number of nitrogens with one attached hydrogen (secondary N) is 1. The highest BCUT2D eigenvalue weighted by Gasteiger charge is 2.17. The summed E-state index contributed by atoms with van der Waals surface area (Å²) in [6.45, 7) is 0.109. The molecule has 0 aliphatic rings. The Hall–Kier alpha value is -2.13. The molecule has 0 radical (unpaired) electrons. The van der Waals surface area contributed by atoms with E-state index in [0.717, 1.165) is 9.77 Å². The maximum absolute atomic E-state index is 11.9. The number of tetrazole rings is 1. The molecule has 0 aliphatic heterocycles. The molecule has 0 spiro atoms. The molecular weight excluding hydrogens is 304 g/mol. The molecule has 8 nitrogen and oxygen atoms in total. The van der Waals surface area contributed by atoms with Crippen LogP contribution in [-0.4, -0.2) is 30.0 Å². The van der Waals surface area contributed by atoms with Gasteiger partial charge in [0.1, 0.15) is 11.6 Å². The van der Waals surface area contributed by atoms with Gasteiger partial charge in [0.15, 0.2) is 1.41 Å². The molecule has 104 valence electrons. The van der Waals surface area contributed by atoms with Crippen LogP contribution >= 0.6 is 22.9 Å². The van der Waals surface area contributed by atoms with Crippen molar-refractivity contribution in [3.8, 4) is 10.9 Å². The lowest BCUT2D eigenvalue weighted by molar-refractivity contribution is 0.293. The van der Waals surface area contributed by atoms with Gasteiger partial charge in [0.05, 0.1) is 5.02 Å². The fraction of sp³-hybridized carbons (Fsp3) is 0.200. The number of aryl methyl sites for hydroxylation is 1. The zero-order chi connectivity index (χ0) is 15.0. The number of ether oxygens (including phenoxy) is 1. The summed E-state index contributed by atoms with van der Waals surface area (Å²) in [4.78, 5) is 11.9. The fourth-order valence-electron chi connectivity index (χ4n) is 1.55. The number of rotatable bonds is 4. The Bertz CT molecular complexity index is 837. The first-order valence-electron chi connectivity index (χ1n) is 5.94. The van der Waals surface area contributed by atoms with Gasteiger partial charge in [-0.1, -0.05) is 11.6 Å². The molecule has 0 unspecified atom stereocenters. The Kier molecular flexibility index (Phi) is 2.98. The average Bonchev–Trinajstić information content (AvgIpc) is 3.11. The predicted molar refractivity (Wildman–Crippen MR) is 72.4 cm³/mol. The van der Waals surface area contributed by atoms with Crippen molar-refractivity contribution in [2.75, 3.05) is 0 Å². The average molecular weight is 315 g/mol. The predicted octanol–water partition coefficient (Wildman–Crippen LogP) is 0.983. The number of nitrogens with zero attached hydrogens (tertiary/aromatic N) is 5. The van der Waals surface area contributed by atoms with Gasteiger partial charge in [0, 0.05) is 30.3 Å². The molecule has 3 rings (SSSR count). The van der Waals surface area contributed by atoms with E-state index < -0.39 is 0 Å². The van der Waals surface area contributed by atoms with Crippen molar-refractivity contribution >= 4 is 22.9 Å². The lowest BCUT2D eigenvalue weighted by Gasteiger charge is -2.04. The molecule has 0 atom stereocenters. The minimum Gasteiger partial charge on any atom is -0.472 e. The van der Waals surface area contributed by atoms with Crippen LogP contribution in [-0.2, 0) is 13.7 Å². The Morgan fingerprint density at radius 2 is 2.45 bits per heavy atom. The fourth-order valence-corrected chi connectivity index (χ4v) is 2.76. The molecule has 0 amide bonds. The van der Waals surface area contributed by atoms with Crippen molar-refractivity contribution in [3.05, 3.63) is 38.7 Å². The summed E-state index contributed by atoms with van der Waals surface area (Å²) in [6, 6.07) is 1.56. The Labute approximate surface area is 123 Å². The van der Waals surface area contributed by atoms with E-state index in [9.17, 15) is 4.79 Å². The largest absolute Gasteiger partial charge is 0.472 e. The SMILES string of the molecule is [3H]n1ccc(OCc2c(Cl)csc2-n2nnn(C)c2=O)n1. The Morgan fingerprint density at radius 1 is 1.60 bits per heavy atom. The van der Waals surface area contributed by atoms with Gasteiger partial charge in [-0.25, -0.2) is 4.79 Å². The summed E-state index contributed by atoms with van der Waals surface area (Å²) in [7, 11) is 1.51. The molecule has 0 bridgehead atoms. The summed E-state index contributed by atoms with van der Waals surface area (Å²) < 4.78 is 15.0. The molecule has 10 heteroatoms. The monoisotopic (exact) mass is 314 g/mol. The second-order valence-corrected chi connectivity index (χ2v) is 5.09. The number of hydrogen-bond donors (Lipinski definition) is 1. The van der Waals surface area contributed by atoms with E-state index in [2.05, 4.69) is 15.5 Å². The Balaban J connectivity index is 1.90. The molecule has 0 aliphatic carbocycles. The van der Waals surface area contributed by atoms with Crippen LogP contribution in [0.15, 0.2) is 22.4 Å². The molecule has 3 heterocycles. The first-order valence-corrected chi connectivity index (χ1v) is 6.75. The third-order valence-corrected chi connectivity index (χ3v) is 4.00. The normalized spacial score (nSPS) is 11.6. The topological polar surface area (TPSA) is 90.6 Å². The van der Waals surface area contributed by atoms with Crippen molar-refractivity contribution in [2.45, 2.75) is 6.61 Å². The number of H-pyrrole nitrogens is 1. The third-order valence-electron chi connectivity index (χ3n) is 2.54. The van der Waals surface area contributed by atoms with Crippen molar-refractivity contribution in [2.24, 2.45) is 7.05 Å². The summed E-state index contributed by atoms with van der Waals surface area (Å²) in [5.74, 6) is 0.296. The summed E-state index contributed by atoms with van der Waals surface area (Å²) in [5, 5.41) is 14.8. The van der Waals surface area contributed by atoms with Gasteiger partial charge in [0.2, 0.25) is 5.88 Å². The first-order chi connectivity index (χ1) is 10.1. The molecule has 0 fully saturated rings. The smallest absolute Gasteiger partial charge is 0.368 e. The number of aromatic amines is 1. The van der Waals surface area contributed by atoms with Gasteiger partial charge in [0.25, 0.3) is 0 Å². The van der Waals surface area contributed by atoms with Crippen molar-refractivity contribution < 1.29 is 6.15 Å². The minimum atomic E-state index is -0.370. The lowest BCUT2D eigenvalue weighted by Crippen LogP contribution is -2.22. The van der Waals surface area contributed by atoms with Crippen LogP contribution in [0.2, 0.25) is 6.43 Å². The maximum atomic E-state index is 11.9. The standard InChI is InChI=1S/C10H9ClN6O2S/c1-16-10(18)17(15-14-16)9-6(7(11)5-20-9)4-19-8-2-3-12-13-8/h2-3,5H,4H2,1H3,(H,12,13)/i/hT. The van der Waals surface area contributed by atoms with Crippen molar-refractivity contribution in [3.63, 3.8) is 0 Å². The van der Waals surface area contributed by atoms with Crippen LogP contribution in [0.3, 0.4) is 0 Å². The van der Waals surface area contributed by atoms with Crippen LogP contribution < -0.4 is 10.4 Å². The summed E-state index contributed by atoms with van der Waals surface area (Å²) in [5.41, 5.74) is 0.244. The summed E-state index contributed by atoms with van der Waals surface area (Å²) >= 11 is 7.39.